The molecule has 1 aromatic carbocycles. The monoisotopic (exact) mass is 294 g/mol. The summed E-state index contributed by atoms with van der Waals surface area (Å²) in [4.78, 5) is 18.5. The number of hydrogen-bond acceptors (Lipinski definition) is 3. The minimum Gasteiger partial charge on any atom is -0.338 e. The van der Waals surface area contributed by atoms with Crippen molar-refractivity contribution in [3.8, 4) is 6.07 Å². The van der Waals surface area contributed by atoms with Gasteiger partial charge < -0.3 is 9.47 Å². The summed E-state index contributed by atoms with van der Waals surface area (Å²) < 4.78 is 2.17. The van der Waals surface area contributed by atoms with E-state index in [0.29, 0.717) is 17.0 Å². The van der Waals surface area contributed by atoms with Gasteiger partial charge in [-0.25, -0.2) is 4.98 Å². The first-order valence-corrected chi connectivity index (χ1v) is 7.50. The molecule has 0 saturated carbocycles. The molecule has 0 radical (unpaired) electrons. The van der Waals surface area contributed by atoms with Crippen molar-refractivity contribution in [1.29, 1.82) is 5.26 Å². The van der Waals surface area contributed by atoms with Crippen LogP contribution in [0.1, 0.15) is 28.7 Å². The van der Waals surface area contributed by atoms with Gasteiger partial charge in [-0.3, -0.25) is 4.79 Å². The van der Waals surface area contributed by atoms with Crippen LogP contribution in [-0.2, 0) is 13.0 Å². The Labute approximate surface area is 129 Å². The van der Waals surface area contributed by atoms with Crippen LogP contribution in [0.2, 0.25) is 0 Å². The maximum absolute atomic E-state index is 12.3. The van der Waals surface area contributed by atoms with Crippen molar-refractivity contribution in [2.24, 2.45) is 5.92 Å². The van der Waals surface area contributed by atoms with Crippen LogP contribution in [0, 0.1) is 17.2 Å². The second-order valence-corrected chi connectivity index (χ2v) is 5.61. The average molecular weight is 294 g/mol. The van der Waals surface area contributed by atoms with Gasteiger partial charge in [0.15, 0.2) is 0 Å². The molecule has 0 bridgehead atoms. The molecular formula is C17H18N4O. The first kappa shape index (κ1) is 14.3. The van der Waals surface area contributed by atoms with Gasteiger partial charge in [0, 0.05) is 49.9 Å². The fourth-order valence-corrected chi connectivity index (χ4v) is 2.82. The third kappa shape index (κ3) is 2.73. The Morgan fingerprint density at radius 1 is 1.36 bits per heavy atom. The average Bonchev–Trinajstić information content (AvgIpc) is 2.97. The van der Waals surface area contributed by atoms with E-state index in [1.807, 2.05) is 17.3 Å². The van der Waals surface area contributed by atoms with Gasteiger partial charge in [-0.15, -0.1) is 0 Å². The van der Waals surface area contributed by atoms with Crippen LogP contribution in [0.3, 0.4) is 0 Å². The minimum atomic E-state index is 0.0436. The molecule has 1 saturated heterocycles. The summed E-state index contributed by atoms with van der Waals surface area (Å²) in [6, 6.07) is 8.87. The highest BCUT2D eigenvalue weighted by molar-refractivity contribution is 5.94. The van der Waals surface area contributed by atoms with Gasteiger partial charge in [0.05, 0.1) is 11.6 Å². The molecule has 3 rings (SSSR count). The summed E-state index contributed by atoms with van der Waals surface area (Å²) in [5, 5.41) is 8.78. The Morgan fingerprint density at radius 2 is 2.09 bits per heavy atom. The number of aromatic nitrogens is 2. The molecule has 5 nitrogen and oxygen atoms in total. The van der Waals surface area contributed by atoms with Crippen molar-refractivity contribution in [2.45, 2.75) is 19.9 Å². The number of rotatable bonds is 4. The molecular weight excluding hydrogens is 276 g/mol. The summed E-state index contributed by atoms with van der Waals surface area (Å²) in [5.74, 6) is 1.63. The number of imidazole rings is 1. The van der Waals surface area contributed by atoms with Gasteiger partial charge in [0.25, 0.3) is 5.91 Å². The van der Waals surface area contributed by atoms with E-state index in [4.69, 9.17) is 5.26 Å². The van der Waals surface area contributed by atoms with Gasteiger partial charge in [-0.2, -0.15) is 5.26 Å². The van der Waals surface area contributed by atoms with E-state index in [-0.39, 0.29) is 5.91 Å². The van der Waals surface area contributed by atoms with Crippen LogP contribution in [0.25, 0.3) is 0 Å². The molecule has 1 aliphatic heterocycles. The number of nitriles is 1. The molecule has 22 heavy (non-hydrogen) atoms. The van der Waals surface area contributed by atoms with Crippen molar-refractivity contribution in [3.63, 3.8) is 0 Å². The van der Waals surface area contributed by atoms with Crippen molar-refractivity contribution in [2.75, 3.05) is 13.1 Å². The lowest BCUT2D eigenvalue weighted by molar-refractivity contribution is 0.0467. The topological polar surface area (TPSA) is 61.9 Å². The highest BCUT2D eigenvalue weighted by Crippen LogP contribution is 2.21. The van der Waals surface area contributed by atoms with Gasteiger partial charge >= 0.3 is 0 Å². The summed E-state index contributed by atoms with van der Waals surface area (Å²) in [6.45, 7) is 4.57. The summed E-state index contributed by atoms with van der Waals surface area (Å²) in [5.41, 5.74) is 1.22. The lowest BCUT2D eigenvalue weighted by Gasteiger charge is -2.39. The Bertz CT molecular complexity index is 705. The predicted octanol–water partition coefficient (Wildman–Crippen LogP) is 2.09. The number of aryl methyl sites for hydroxylation is 1. The second kappa shape index (κ2) is 6.02. The van der Waals surface area contributed by atoms with E-state index in [0.717, 1.165) is 31.9 Å². The molecule has 2 aromatic rings. The van der Waals surface area contributed by atoms with E-state index in [2.05, 4.69) is 22.5 Å². The molecule has 0 N–H and O–H groups in total. The maximum Gasteiger partial charge on any atom is 0.253 e. The third-order valence-corrected chi connectivity index (χ3v) is 4.08. The maximum atomic E-state index is 12.3. The highest BCUT2D eigenvalue weighted by atomic mass is 16.2. The zero-order valence-electron chi connectivity index (χ0n) is 12.6. The van der Waals surface area contributed by atoms with Crippen LogP contribution in [-0.4, -0.2) is 33.4 Å². The van der Waals surface area contributed by atoms with Gasteiger partial charge in [-0.05, 0) is 24.3 Å². The number of amides is 1. The molecule has 1 fully saturated rings. The summed E-state index contributed by atoms with van der Waals surface area (Å²) in [6.07, 6.45) is 4.76. The van der Waals surface area contributed by atoms with Crippen LogP contribution < -0.4 is 0 Å². The zero-order chi connectivity index (χ0) is 15.5. The lowest BCUT2D eigenvalue weighted by Crippen LogP contribution is -2.51. The van der Waals surface area contributed by atoms with Crippen LogP contribution >= 0.6 is 0 Å². The van der Waals surface area contributed by atoms with E-state index < -0.39 is 0 Å². The SMILES string of the molecule is CCc1nccn1CC1CN(C(=O)c2ccc(C#N)cc2)C1. The molecule has 1 aromatic heterocycles. The van der Waals surface area contributed by atoms with E-state index >= 15 is 0 Å². The second-order valence-electron chi connectivity index (χ2n) is 5.61. The van der Waals surface area contributed by atoms with Gasteiger partial charge in [0.1, 0.15) is 5.82 Å². The van der Waals surface area contributed by atoms with Crippen LogP contribution in [0.15, 0.2) is 36.7 Å². The van der Waals surface area contributed by atoms with Crippen molar-refractivity contribution >= 4 is 5.91 Å². The van der Waals surface area contributed by atoms with Crippen molar-refractivity contribution in [1.82, 2.24) is 14.5 Å². The van der Waals surface area contributed by atoms with E-state index in [1.54, 1.807) is 24.3 Å². The van der Waals surface area contributed by atoms with Gasteiger partial charge in [0.2, 0.25) is 0 Å². The standard InChI is InChI=1S/C17H18N4O/c1-2-16-19-7-8-20(16)10-14-11-21(12-14)17(22)15-5-3-13(9-18)4-6-15/h3-8,14H,2,10-12H2,1H3. The Hall–Kier alpha value is -2.61. The Balaban J connectivity index is 1.56. The quantitative estimate of drug-likeness (QED) is 0.867. The molecule has 0 spiro atoms. The molecule has 1 amide bonds. The first-order valence-electron chi connectivity index (χ1n) is 7.50. The fraction of sp³-hybridized carbons (Fsp3) is 0.353. The number of likely N-dealkylation sites (tertiary alicyclic amines) is 1. The molecule has 112 valence electrons. The van der Waals surface area contributed by atoms with E-state index in [9.17, 15) is 4.79 Å². The minimum absolute atomic E-state index is 0.0436. The summed E-state index contributed by atoms with van der Waals surface area (Å²) >= 11 is 0. The predicted molar refractivity (Wildman–Crippen MR) is 82.2 cm³/mol. The smallest absolute Gasteiger partial charge is 0.253 e. The van der Waals surface area contributed by atoms with Crippen molar-refractivity contribution < 1.29 is 4.79 Å². The van der Waals surface area contributed by atoms with Crippen LogP contribution in [0.4, 0.5) is 0 Å². The van der Waals surface area contributed by atoms with E-state index in [1.165, 1.54) is 0 Å². The lowest BCUT2D eigenvalue weighted by atomic mass is 9.98. The highest BCUT2D eigenvalue weighted by Gasteiger charge is 2.31. The number of benzene rings is 1. The summed E-state index contributed by atoms with van der Waals surface area (Å²) in [7, 11) is 0. The largest absolute Gasteiger partial charge is 0.338 e. The number of nitrogens with zero attached hydrogens (tertiary/aromatic N) is 4. The normalized spacial score (nSPS) is 14.5. The molecule has 2 heterocycles. The third-order valence-electron chi connectivity index (χ3n) is 4.08. The molecule has 1 aliphatic rings. The molecule has 5 heteroatoms. The molecule has 0 atom stereocenters. The Morgan fingerprint density at radius 3 is 2.73 bits per heavy atom. The Kier molecular flexibility index (Phi) is 3.92. The fourth-order valence-electron chi connectivity index (χ4n) is 2.82. The zero-order valence-corrected chi connectivity index (χ0v) is 12.6. The molecule has 0 aliphatic carbocycles. The van der Waals surface area contributed by atoms with Crippen LogP contribution in [0.5, 0.6) is 0 Å². The van der Waals surface area contributed by atoms with Crippen molar-refractivity contribution in [3.05, 3.63) is 53.6 Å². The first-order chi connectivity index (χ1) is 10.7. The number of carbonyl (C=O) groups excluding carboxylic acids is 1. The van der Waals surface area contributed by atoms with Gasteiger partial charge in [-0.1, -0.05) is 6.92 Å². The number of carbonyl (C=O) groups is 1. The molecule has 0 unspecified atom stereocenters. The number of hydrogen-bond donors (Lipinski definition) is 0.